The van der Waals surface area contributed by atoms with Gasteiger partial charge in [-0.15, -0.1) is 0 Å². The van der Waals surface area contributed by atoms with Crippen molar-refractivity contribution >= 4 is 11.9 Å². The van der Waals surface area contributed by atoms with E-state index >= 15 is 0 Å². The maximum Gasteiger partial charge on any atom is 0.354 e. The van der Waals surface area contributed by atoms with Crippen molar-refractivity contribution in [2.24, 2.45) is 5.92 Å². The number of amides is 1. The molecule has 1 fully saturated rings. The largest absolute Gasteiger partial charge is 0.477 e. The molecule has 2 heterocycles. The predicted molar refractivity (Wildman–Crippen MR) is 72.7 cm³/mol. The van der Waals surface area contributed by atoms with Gasteiger partial charge >= 0.3 is 5.97 Å². The molecule has 0 aliphatic carbocycles. The molecule has 1 saturated heterocycles. The minimum Gasteiger partial charge on any atom is -0.477 e. The molecule has 1 aliphatic heterocycles. The van der Waals surface area contributed by atoms with Crippen LogP contribution in [0.15, 0.2) is 6.33 Å². The molecule has 0 radical (unpaired) electrons. The fourth-order valence-electron chi connectivity index (χ4n) is 2.60. The summed E-state index contributed by atoms with van der Waals surface area (Å²) in [6, 6.07) is 0. The number of carboxylic acids is 1. The van der Waals surface area contributed by atoms with E-state index in [9.17, 15) is 9.59 Å². The molecule has 1 aromatic rings. The molecule has 20 heavy (non-hydrogen) atoms. The van der Waals surface area contributed by atoms with Gasteiger partial charge < -0.3 is 19.9 Å². The molecule has 0 atom stereocenters. The van der Waals surface area contributed by atoms with E-state index in [1.54, 1.807) is 4.90 Å². The third-order valence-electron chi connectivity index (χ3n) is 3.58. The topological polar surface area (TPSA) is 89.5 Å². The van der Waals surface area contributed by atoms with Crippen molar-refractivity contribution in [1.29, 1.82) is 0 Å². The molecule has 0 aromatic carbocycles. The van der Waals surface area contributed by atoms with Crippen molar-refractivity contribution in [2.75, 3.05) is 33.7 Å². The van der Waals surface area contributed by atoms with Crippen LogP contribution in [0.25, 0.3) is 0 Å². The first-order valence-corrected chi connectivity index (χ1v) is 6.69. The molecule has 1 aromatic heterocycles. The van der Waals surface area contributed by atoms with E-state index in [0.29, 0.717) is 19.0 Å². The van der Waals surface area contributed by atoms with Gasteiger partial charge in [-0.3, -0.25) is 4.79 Å². The number of nitrogens with zero attached hydrogens (tertiary/aromatic N) is 3. The van der Waals surface area contributed by atoms with Gasteiger partial charge in [-0.2, -0.15) is 0 Å². The molecule has 110 valence electrons. The average molecular weight is 280 g/mol. The van der Waals surface area contributed by atoms with Crippen LogP contribution in [0, 0.1) is 5.92 Å². The lowest BCUT2D eigenvalue weighted by Gasteiger charge is -2.32. The highest BCUT2D eigenvalue weighted by atomic mass is 16.4. The zero-order valence-corrected chi connectivity index (χ0v) is 11.8. The van der Waals surface area contributed by atoms with Crippen LogP contribution in [-0.2, 0) is 0 Å². The van der Waals surface area contributed by atoms with E-state index in [-0.39, 0.29) is 17.3 Å². The number of piperidine rings is 1. The minimum absolute atomic E-state index is 0.00330. The van der Waals surface area contributed by atoms with Crippen molar-refractivity contribution in [1.82, 2.24) is 19.8 Å². The first-order valence-electron chi connectivity index (χ1n) is 6.69. The van der Waals surface area contributed by atoms with Gasteiger partial charge in [0.05, 0.1) is 6.33 Å². The van der Waals surface area contributed by atoms with Gasteiger partial charge in [0.15, 0.2) is 11.4 Å². The van der Waals surface area contributed by atoms with Gasteiger partial charge in [-0.1, -0.05) is 0 Å². The third kappa shape index (κ3) is 3.16. The van der Waals surface area contributed by atoms with Crippen molar-refractivity contribution < 1.29 is 14.7 Å². The highest BCUT2D eigenvalue weighted by molar-refractivity contribution is 6.02. The van der Waals surface area contributed by atoms with Gasteiger partial charge in [0.25, 0.3) is 5.91 Å². The molecule has 2 rings (SSSR count). The predicted octanol–water partition coefficient (Wildman–Crippen LogP) is 0.522. The van der Waals surface area contributed by atoms with Gasteiger partial charge in [0, 0.05) is 19.6 Å². The molecule has 7 nitrogen and oxygen atoms in total. The first kappa shape index (κ1) is 14.5. The van der Waals surface area contributed by atoms with E-state index in [4.69, 9.17) is 5.11 Å². The molecular weight excluding hydrogens is 260 g/mol. The number of imidazole rings is 1. The number of aromatic amines is 1. The second-order valence-electron chi connectivity index (χ2n) is 5.43. The number of hydrogen-bond acceptors (Lipinski definition) is 4. The number of H-pyrrole nitrogens is 1. The van der Waals surface area contributed by atoms with Crippen molar-refractivity contribution in [3.63, 3.8) is 0 Å². The molecule has 1 aliphatic rings. The van der Waals surface area contributed by atoms with E-state index in [2.05, 4.69) is 14.9 Å². The van der Waals surface area contributed by atoms with Crippen LogP contribution in [0.3, 0.4) is 0 Å². The number of hydrogen-bond donors (Lipinski definition) is 2. The SMILES string of the molecule is CN(C)CC1CCN(C(=O)c2nc[nH]c2C(=O)O)CC1. The van der Waals surface area contributed by atoms with Gasteiger partial charge in [-0.25, -0.2) is 9.78 Å². The monoisotopic (exact) mass is 280 g/mol. The lowest BCUT2D eigenvalue weighted by Crippen LogP contribution is -2.41. The number of carbonyl (C=O) groups excluding carboxylic acids is 1. The Bertz CT molecular complexity index is 490. The van der Waals surface area contributed by atoms with Gasteiger partial charge in [-0.05, 0) is 32.9 Å². The summed E-state index contributed by atoms with van der Waals surface area (Å²) < 4.78 is 0. The minimum atomic E-state index is -1.16. The molecule has 2 N–H and O–H groups in total. The molecule has 1 amide bonds. The summed E-state index contributed by atoms with van der Waals surface area (Å²) in [6.45, 7) is 2.33. The Morgan fingerprint density at radius 1 is 1.45 bits per heavy atom. The van der Waals surface area contributed by atoms with Crippen LogP contribution in [-0.4, -0.2) is 70.5 Å². The fourth-order valence-corrected chi connectivity index (χ4v) is 2.60. The van der Waals surface area contributed by atoms with E-state index in [0.717, 1.165) is 19.4 Å². The number of aromatic carboxylic acids is 1. The number of carbonyl (C=O) groups is 2. The summed E-state index contributed by atoms with van der Waals surface area (Å²) >= 11 is 0. The summed E-state index contributed by atoms with van der Waals surface area (Å²) in [6.07, 6.45) is 3.13. The van der Waals surface area contributed by atoms with E-state index < -0.39 is 5.97 Å². The Balaban J connectivity index is 1.98. The maximum absolute atomic E-state index is 12.3. The number of aromatic nitrogens is 2. The summed E-state index contributed by atoms with van der Waals surface area (Å²) in [5, 5.41) is 9.00. The number of carboxylic acid groups (broad SMARTS) is 1. The lowest BCUT2D eigenvalue weighted by molar-refractivity contribution is 0.0637. The quantitative estimate of drug-likeness (QED) is 0.839. The highest BCUT2D eigenvalue weighted by Crippen LogP contribution is 2.19. The Labute approximate surface area is 117 Å². The Hall–Kier alpha value is -1.89. The smallest absolute Gasteiger partial charge is 0.354 e. The lowest BCUT2D eigenvalue weighted by atomic mass is 9.96. The second-order valence-corrected chi connectivity index (χ2v) is 5.43. The molecule has 0 bridgehead atoms. The number of nitrogens with one attached hydrogen (secondary N) is 1. The average Bonchev–Trinajstić information content (AvgIpc) is 2.87. The van der Waals surface area contributed by atoms with Crippen LogP contribution in [0.2, 0.25) is 0 Å². The Morgan fingerprint density at radius 3 is 2.65 bits per heavy atom. The number of rotatable bonds is 4. The summed E-state index contributed by atoms with van der Waals surface area (Å²) in [7, 11) is 4.08. The fraction of sp³-hybridized carbons (Fsp3) is 0.615. The molecule has 0 saturated carbocycles. The molecule has 7 heteroatoms. The highest BCUT2D eigenvalue weighted by Gasteiger charge is 2.28. The molecular formula is C13H20N4O3. The zero-order chi connectivity index (χ0) is 14.7. The van der Waals surface area contributed by atoms with E-state index in [1.165, 1.54) is 6.33 Å². The third-order valence-corrected chi connectivity index (χ3v) is 3.58. The summed E-state index contributed by atoms with van der Waals surface area (Å²) in [4.78, 5) is 33.5. The van der Waals surface area contributed by atoms with Crippen LogP contribution in [0.4, 0.5) is 0 Å². The van der Waals surface area contributed by atoms with Crippen LogP contribution >= 0.6 is 0 Å². The first-order chi connectivity index (χ1) is 9.49. The van der Waals surface area contributed by atoms with E-state index in [1.807, 2.05) is 14.1 Å². The molecule has 0 spiro atoms. The Morgan fingerprint density at radius 2 is 2.10 bits per heavy atom. The van der Waals surface area contributed by atoms with Crippen molar-refractivity contribution in [2.45, 2.75) is 12.8 Å². The van der Waals surface area contributed by atoms with Crippen LogP contribution < -0.4 is 0 Å². The molecule has 0 unspecified atom stereocenters. The standard InChI is InChI=1S/C13H20N4O3/c1-16(2)7-9-3-5-17(6-4-9)12(18)10-11(13(19)20)15-8-14-10/h8-9H,3-7H2,1-2H3,(H,14,15)(H,19,20). The van der Waals surface area contributed by atoms with Gasteiger partial charge in [0.1, 0.15) is 0 Å². The normalized spacial score (nSPS) is 16.6. The Kier molecular flexibility index (Phi) is 4.39. The van der Waals surface area contributed by atoms with Crippen molar-refractivity contribution in [3.05, 3.63) is 17.7 Å². The zero-order valence-electron chi connectivity index (χ0n) is 11.8. The second kappa shape index (κ2) is 6.04. The maximum atomic E-state index is 12.3. The summed E-state index contributed by atoms with van der Waals surface area (Å²) in [5.74, 6) is -0.868. The van der Waals surface area contributed by atoms with Crippen LogP contribution in [0.1, 0.15) is 33.8 Å². The van der Waals surface area contributed by atoms with Crippen LogP contribution in [0.5, 0.6) is 0 Å². The van der Waals surface area contributed by atoms with Gasteiger partial charge in [0.2, 0.25) is 0 Å². The van der Waals surface area contributed by atoms with Crippen molar-refractivity contribution in [3.8, 4) is 0 Å². The summed E-state index contributed by atoms with van der Waals surface area (Å²) in [5.41, 5.74) is -0.131. The number of likely N-dealkylation sites (tertiary alicyclic amines) is 1.